The Hall–Kier alpha value is -0.500. The maximum atomic E-state index is 12.4. The van der Waals surface area contributed by atoms with Crippen molar-refractivity contribution in [1.29, 1.82) is 0 Å². The van der Waals surface area contributed by atoms with Gasteiger partial charge in [-0.15, -0.1) is 11.8 Å². The second-order valence-electron chi connectivity index (χ2n) is 2.90. The molecule has 0 amide bonds. The van der Waals surface area contributed by atoms with Gasteiger partial charge in [0.15, 0.2) is 0 Å². The van der Waals surface area contributed by atoms with E-state index in [2.05, 4.69) is 0 Å². The quantitative estimate of drug-likeness (QED) is 0.648. The molecule has 1 rings (SSSR count). The monoisotopic (exact) mass is 184 g/mol. The zero-order valence-corrected chi connectivity index (χ0v) is 8.20. The molecular formula is C10H13FS. The number of alkyl halides is 1. The Kier molecular flexibility index (Phi) is 3.60. The Bertz CT molecular complexity index is 228. The summed E-state index contributed by atoms with van der Waals surface area (Å²) in [5, 5.41) is 0. The summed E-state index contributed by atoms with van der Waals surface area (Å²) in [6.45, 7) is 3.63. The van der Waals surface area contributed by atoms with Gasteiger partial charge in [0.25, 0.3) is 0 Å². The highest BCUT2D eigenvalue weighted by Crippen LogP contribution is 2.19. The summed E-state index contributed by atoms with van der Waals surface area (Å²) in [5.41, 5.74) is 1.24. The van der Waals surface area contributed by atoms with Crippen molar-refractivity contribution < 1.29 is 4.39 Å². The molecule has 0 aromatic heterocycles. The summed E-state index contributed by atoms with van der Waals surface area (Å²) in [6.07, 6.45) is -0.726. The van der Waals surface area contributed by atoms with Gasteiger partial charge in [-0.25, -0.2) is 4.39 Å². The topological polar surface area (TPSA) is 0 Å². The predicted molar refractivity (Wildman–Crippen MR) is 52.5 cm³/mol. The summed E-state index contributed by atoms with van der Waals surface area (Å²) in [7, 11) is 0. The highest BCUT2D eigenvalue weighted by atomic mass is 32.2. The summed E-state index contributed by atoms with van der Waals surface area (Å²) < 4.78 is 12.4. The summed E-state index contributed by atoms with van der Waals surface area (Å²) >= 11 is 1.56. The zero-order valence-electron chi connectivity index (χ0n) is 7.38. The third-order valence-corrected chi connectivity index (χ3v) is 2.73. The van der Waals surface area contributed by atoms with Crippen LogP contribution in [0.5, 0.6) is 0 Å². The largest absolute Gasteiger partial charge is 0.247 e. The summed E-state index contributed by atoms with van der Waals surface area (Å²) in [4.78, 5) is 1.14. The van der Waals surface area contributed by atoms with E-state index < -0.39 is 6.17 Å². The Morgan fingerprint density at radius 1 is 1.33 bits per heavy atom. The highest BCUT2D eigenvalue weighted by Gasteiger charge is 1.98. The van der Waals surface area contributed by atoms with Crippen LogP contribution in [0.3, 0.4) is 0 Å². The van der Waals surface area contributed by atoms with Gasteiger partial charge in [-0.2, -0.15) is 0 Å². The number of aryl methyl sites for hydroxylation is 1. The molecular weight excluding hydrogens is 171 g/mol. The normalized spacial score (nSPS) is 12.9. The first-order valence-corrected chi connectivity index (χ1v) is 5.00. The van der Waals surface area contributed by atoms with Crippen LogP contribution >= 0.6 is 11.8 Å². The lowest BCUT2D eigenvalue weighted by molar-refractivity contribution is 0.398. The third kappa shape index (κ3) is 3.26. The minimum absolute atomic E-state index is 0.545. The molecule has 0 aliphatic rings. The van der Waals surface area contributed by atoms with Crippen molar-refractivity contribution in [2.45, 2.75) is 24.9 Å². The molecule has 0 bridgehead atoms. The highest BCUT2D eigenvalue weighted by molar-refractivity contribution is 7.99. The molecule has 0 N–H and O–H groups in total. The fourth-order valence-corrected chi connectivity index (χ4v) is 1.60. The van der Waals surface area contributed by atoms with Crippen molar-refractivity contribution in [2.75, 3.05) is 5.75 Å². The van der Waals surface area contributed by atoms with E-state index >= 15 is 0 Å². The van der Waals surface area contributed by atoms with Gasteiger partial charge < -0.3 is 0 Å². The minimum Gasteiger partial charge on any atom is -0.247 e. The van der Waals surface area contributed by atoms with Gasteiger partial charge in [0.1, 0.15) is 6.17 Å². The number of halogens is 1. The predicted octanol–water partition coefficient (Wildman–Crippen LogP) is 3.45. The molecule has 0 nitrogen and oxygen atoms in total. The Balaban J connectivity index is 2.48. The molecule has 0 radical (unpaired) electrons. The van der Waals surface area contributed by atoms with Crippen LogP contribution in [0.2, 0.25) is 0 Å². The van der Waals surface area contributed by atoms with Gasteiger partial charge >= 0.3 is 0 Å². The molecule has 0 fully saturated rings. The molecule has 0 saturated carbocycles. The molecule has 0 spiro atoms. The summed E-state index contributed by atoms with van der Waals surface area (Å²) in [5.74, 6) is 0.545. The standard InChI is InChI=1S/C10H13FS/c1-8-3-5-10(6-4-8)12-7-9(2)11/h3-6,9H,7H2,1-2H3. The fourth-order valence-electron chi connectivity index (χ4n) is 0.846. The van der Waals surface area contributed by atoms with Crippen molar-refractivity contribution in [3.05, 3.63) is 29.8 Å². The van der Waals surface area contributed by atoms with Crippen LogP contribution in [0.4, 0.5) is 4.39 Å². The van der Waals surface area contributed by atoms with E-state index in [1.807, 2.05) is 31.2 Å². The lowest BCUT2D eigenvalue weighted by atomic mass is 10.2. The lowest BCUT2D eigenvalue weighted by Gasteiger charge is -2.01. The molecule has 1 unspecified atom stereocenters. The van der Waals surface area contributed by atoms with Gasteiger partial charge in [0, 0.05) is 10.6 Å². The van der Waals surface area contributed by atoms with E-state index in [4.69, 9.17) is 0 Å². The zero-order chi connectivity index (χ0) is 8.97. The molecule has 1 aromatic rings. The van der Waals surface area contributed by atoms with E-state index in [0.717, 1.165) is 4.90 Å². The lowest BCUT2D eigenvalue weighted by Crippen LogP contribution is -1.94. The van der Waals surface area contributed by atoms with Crippen LogP contribution in [0.25, 0.3) is 0 Å². The first-order valence-electron chi connectivity index (χ1n) is 4.02. The maximum absolute atomic E-state index is 12.4. The maximum Gasteiger partial charge on any atom is 0.107 e. The van der Waals surface area contributed by atoms with E-state index in [0.29, 0.717) is 5.75 Å². The summed E-state index contributed by atoms with van der Waals surface area (Å²) in [6, 6.07) is 8.15. The molecule has 0 heterocycles. The molecule has 66 valence electrons. The van der Waals surface area contributed by atoms with Crippen molar-refractivity contribution >= 4 is 11.8 Å². The van der Waals surface area contributed by atoms with Crippen LogP contribution in [-0.2, 0) is 0 Å². The van der Waals surface area contributed by atoms with Crippen molar-refractivity contribution in [1.82, 2.24) is 0 Å². The van der Waals surface area contributed by atoms with Crippen LogP contribution in [0, 0.1) is 6.92 Å². The number of hydrogen-bond acceptors (Lipinski definition) is 1. The van der Waals surface area contributed by atoms with Gasteiger partial charge in [0.05, 0.1) is 0 Å². The van der Waals surface area contributed by atoms with Gasteiger partial charge in [0.2, 0.25) is 0 Å². The number of rotatable bonds is 3. The van der Waals surface area contributed by atoms with E-state index in [1.54, 1.807) is 18.7 Å². The molecule has 2 heteroatoms. The molecule has 0 aliphatic carbocycles. The second kappa shape index (κ2) is 4.51. The Morgan fingerprint density at radius 3 is 2.42 bits per heavy atom. The Morgan fingerprint density at radius 2 is 1.92 bits per heavy atom. The van der Waals surface area contributed by atoms with Crippen molar-refractivity contribution in [3.63, 3.8) is 0 Å². The van der Waals surface area contributed by atoms with E-state index in [9.17, 15) is 4.39 Å². The van der Waals surface area contributed by atoms with Gasteiger partial charge in [-0.3, -0.25) is 0 Å². The number of thioether (sulfide) groups is 1. The minimum atomic E-state index is -0.726. The van der Waals surface area contributed by atoms with Crippen LogP contribution < -0.4 is 0 Å². The fraction of sp³-hybridized carbons (Fsp3) is 0.400. The SMILES string of the molecule is Cc1ccc(SCC(C)F)cc1. The molecule has 1 aromatic carbocycles. The van der Waals surface area contributed by atoms with E-state index in [-0.39, 0.29) is 0 Å². The first-order chi connectivity index (χ1) is 5.68. The van der Waals surface area contributed by atoms with Crippen molar-refractivity contribution in [2.24, 2.45) is 0 Å². The third-order valence-electron chi connectivity index (χ3n) is 1.50. The Labute approximate surface area is 77.2 Å². The van der Waals surface area contributed by atoms with Crippen molar-refractivity contribution in [3.8, 4) is 0 Å². The average Bonchev–Trinajstić information content (AvgIpc) is 2.03. The van der Waals surface area contributed by atoms with Crippen LogP contribution in [0.1, 0.15) is 12.5 Å². The number of hydrogen-bond donors (Lipinski definition) is 0. The smallest absolute Gasteiger partial charge is 0.107 e. The van der Waals surface area contributed by atoms with E-state index in [1.165, 1.54) is 5.56 Å². The molecule has 12 heavy (non-hydrogen) atoms. The average molecular weight is 184 g/mol. The van der Waals surface area contributed by atoms with Crippen LogP contribution in [-0.4, -0.2) is 11.9 Å². The molecule has 0 aliphatic heterocycles. The van der Waals surface area contributed by atoms with Gasteiger partial charge in [-0.05, 0) is 26.0 Å². The molecule has 1 atom stereocenters. The second-order valence-corrected chi connectivity index (χ2v) is 4.00. The first kappa shape index (κ1) is 9.59. The molecule has 0 saturated heterocycles. The van der Waals surface area contributed by atoms with Gasteiger partial charge in [-0.1, -0.05) is 17.7 Å². The van der Waals surface area contributed by atoms with Crippen LogP contribution in [0.15, 0.2) is 29.2 Å². The number of benzene rings is 1.